The molecule has 1 N–H and O–H groups in total. The third-order valence-electron chi connectivity index (χ3n) is 9.21. The lowest BCUT2D eigenvalue weighted by Crippen LogP contribution is -2.65. The molecule has 3 saturated carbocycles. The van der Waals surface area contributed by atoms with E-state index in [1.807, 2.05) is 13.8 Å². The highest BCUT2D eigenvalue weighted by Crippen LogP contribution is 2.72. The Hall–Kier alpha value is -1.37. The number of halogens is 1. The highest BCUT2D eigenvalue weighted by Gasteiger charge is 2.78. The van der Waals surface area contributed by atoms with E-state index in [9.17, 15) is 14.7 Å². The van der Waals surface area contributed by atoms with Gasteiger partial charge in [0.15, 0.2) is 23.0 Å². The standard InChI is InChI=1S/C24H31FO5/c1-20(2)29-19-12-17-16-6-5-14-11-15(27)7-8-21(14,3)23(16,25)10-9-22(17,4)24(19,30-20)18(28)13-26/h7-8,11,16-17,19,26H,5-6,9-10,12-13H2,1-4H3/t16-,17-,19+,21-,22-,23+,24+/m0/s1. The first-order valence-electron chi connectivity index (χ1n) is 11.1. The quantitative estimate of drug-likeness (QED) is 0.744. The lowest BCUT2D eigenvalue weighted by atomic mass is 9.45. The van der Waals surface area contributed by atoms with E-state index in [1.54, 1.807) is 26.0 Å². The van der Waals surface area contributed by atoms with E-state index < -0.39 is 40.6 Å². The van der Waals surface area contributed by atoms with Crippen molar-refractivity contribution in [3.63, 3.8) is 0 Å². The number of aliphatic hydroxyl groups excluding tert-OH is 1. The lowest BCUT2D eigenvalue weighted by molar-refractivity contribution is -0.224. The molecule has 0 aromatic rings. The lowest BCUT2D eigenvalue weighted by Gasteiger charge is -2.61. The maximum absolute atomic E-state index is 17.0. The van der Waals surface area contributed by atoms with Crippen molar-refractivity contribution in [3.8, 4) is 0 Å². The molecule has 0 aromatic carbocycles. The normalized spacial score (nSPS) is 50.9. The second kappa shape index (κ2) is 5.90. The molecule has 0 unspecified atom stereocenters. The molecule has 0 spiro atoms. The van der Waals surface area contributed by atoms with Gasteiger partial charge >= 0.3 is 0 Å². The maximum atomic E-state index is 17.0. The molecule has 0 amide bonds. The van der Waals surface area contributed by atoms with E-state index in [1.165, 1.54) is 6.08 Å². The van der Waals surface area contributed by atoms with Gasteiger partial charge in [-0.05, 0) is 76.9 Å². The molecule has 1 saturated heterocycles. The number of ketones is 2. The minimum absolute atomic E-state index is 0.0721. The minimum Gasteiger partial charge on any atom is -0.388 e. The molecule has 5 aliphatic rings. The third kappa shape index (κ3) is 2.18. The van der Waals surface area contributed by atoms with E-state index in [4.69, 9.17) is 9.47 Å². The summed E-state index contributed by atoms with van der Waals surface area (Å²) < 4.78 is 29.5. The molecule has 6 heteroatoms. The number of hydrogen-bond acceptors (Lipinski definition) is 5. The van der Waals surface area contributed by atoms with Gasteiger partial charge in [-0.25, -0.2) is 4.39 Å². The Morgan fingerprint density at radius 2 is 1.97 bits per heavy atom. The van der Waals surface area contributed by atoms with Crippen LogP contribution in [-0.4, -0.2) is 46.4 Å². The Balaban J connectivity index is 1.59. The van der Waals surface area contributed by atoms with Crippen LogP contribution >= 0.6 is 0 Å². The zero-order valence-electron chi connectivity index (χ0n) is 18.2. The first-order valence-corrected chi connectivity index (χ1v) is 11.1. The van der Waals surface area contributed by atoms with Gasteiger partial charge in [-0.1, -0.05) is 18.6 Å². The zero-order valence-corrected chi connectivity index (χ0v) is 18.2. The number of aliphatic hydroxyl groups is 1. The molecule has 4 fully saturated rings. The van der Waals surface area contributed by atoms with Gasteiger partial charge in [0.05, 0.1) is 6.10 Å². The molecule has 4 aliphatic carbocycles. The van der Waals surface area contributed by atoms with Crippen molar-refractivity contribution in [2.75, 3.05) is 6.61 Å². The van der Waals surface area contributed by atoms with Crippen LogP contribution < -0.4 is 0 Å². The van der Waals surface area contributed by atoms with Crippen LogP contribution in [0.2, 0.25) is 0 Å². The SMILES string of the molecule is CC1(C)O[C@@H]2C[C@H]3[C@@H]4CCC5=CC(=O)C=C[C@]5(C)[C@@]4(F)CC[C@]3(C)[C@]2(C(=O)CO)O1. The topological polar surface area (TPSA) is 72.8 Å². The number of ether oxygens (including phenoxy) is 2. The van der Waals surface area contributed by atoms with Crippen molar-refractivity contribution in [2.45, 2.75) is 83.0 Å². The number of carbonyl (C=O) groups excluding carboxylic acids is 2. The summed E-state index contributed by atoms with van der Waals surface area (Å²) in [5, 5.41) is 9.81. The second-order valence-electron chi connectivity index (χ2n) is 10.8. The molecule has 0 bridgehead atoms. The van der Waals surface area contributed by atoms with Crippen molar-refractivity contribution in [2.24, 2.45) is 22.7 Å². The summed E-state index contributed by atoms with van der Waals surface area (Å²) in [6.07, 6.45) is 6.99. The molecule has 5 rings (SSSR count). The average molecular weight is 419 g/mol. The summed E-state index contributed by atoms with van der Waals surface area (Å²) in [6, 6.07) is 0. The fourth-order valence-electron chi connectivity index (χ4n) is 7.81. The maximum Gasteiger partial charge on any atom is 0.193 e. The molecule has 1 heterocycles. The second-order valence-corrected chi connectivity index (χ2v) is 10.8. The number of rotatable bonds is 2. The summed E-state index contributed by atoms with van der Waals surface area (Å²) in [6.45, 7) is 6.92. The zero-order chi connectivity index (χ0) is 21.7. The van der Waals surface area contributed by atoms with Gasteiger partial charge in [0.25, 0.3) is 0 Å². The summed E-state index contributed by atoms with van der Waals surface area (Å²) in [5.74, 6) is -1.72. The minimum atomic E-state index is -1.49. The van der Waals surface area contributed by atoms with Gasteiger partial charge in [0.1, 0.15) is 12.3 Å². The Morgan fingerprint density at radius 1 is 1.23 bits per heavy atom. The number of fused-ring (bicyclic) bond motifs is 7. The number of allylic oxidation sites excluding steroid dienone is 4. The third-order valence-corrected chi connectivity index (χ3v) is 9.21. The van der Waals surface area contributed by atoms with Gasteiger partial charge in [0.2, 0.25) is 0 Å². The van der Waals surface area contributed by atoms with Gasteiger partial charge in [0, 0.05) is 10.8 Å². The molecule has 0 aromatic heterocycles. The summed E-state index contributed by atoms with van der Waals surface area (Å²) in [4.78, 5) is 25.0. The molecular formula is C24H31FO5. The van der Waals surface area contributed by atoms with Crippen LogP contribution in [0.15, 0.2) is 23.8 Å². The van der Waals surface area contributed by atoms with Crippen LogP contribution in [0.5, 0.6) is 0 Å². The highest BCUT2D eigenvalue weighted by atomic mass is 19.1. The van der Waals surface area contributed by atoms with E-state index in [2.05, 4.69) is 0 Å². The highest BCUT2D eigenvalue weighted by molar-refractivity contribution is 6.01. The number of Topliss-reactive ketones (excluding diaryl/α,β-unsaturated/α-hetero) is 1. The van der Waals surface area contributed by atoms with Crippen molar-refractivity contribution in [1.82, 2.24) is 0 Å². The number of carbonyl (C=O) groups is 2. The van der Waals surface area contributed by atoms with Gasteiger partial charge in [-0.3, -0.25) is 9.59 Å². The first kappa shape index (κ1) is 20.5. The van der Waals surface area contributed by atoms with Crippen molar-refractivity contribution < 1.29 is 28.6 Å². The Morgan fingerprint density at radius 3 is 2.67 bits per heavy atom. The van der Waals surface area contributed by atoms with Crippen LogP contribution in [0.4, 0.5) is 4.39 Å². The average Bonchev–Trinajstić information content (AvgIpc) is 3.09. The molecule has 0 radical (unpaired) electrons. The molecule has 1 aliphatic heterocycles. The van der Waals surface area contributed by atoms with Gasteiger partial charge in [-0.15, -0.1) is 0 Å². The fourth-order valence-corrected chi connectivity index (χ4v) is 7.81. The van der Waals surface area contributed by atoms with E-state index in [-0.39, 0.29) is 29.8 Å². The predicted molar refractivity (Wildman–Crippen MR) is 107 cm³/mol. The summed E-state index contributed by atoms with van der Waals surface area (Å²) >= 11 is 0. The molecule has 7 atom stereocenters. The molecule has 164 valence electrons. The van der Waals surface area contributed by atoms with Crippen LogP contribution in [-0.2, 0) is 19.1 Å². The fraction of sp³-hybridized carbons (Fsp3) is 0.750. The summed E-state index contributed by atoms with van der Waals surface area (Å²) in [7, 11) is 0. The summed E-state index contributed by atoms with van der Waals surface area (Å²) in [5.41, 5.74) is -3.27. The van der Waals surface area contributed by atoms with E-state index >= 15 is 4.39 Å². The van der Waals surface area contributed by atoms with E-state index in [0.29, 0.717) is 25.7 Å². The number of alkyl halides is 1. The molecule has 30 heavy (non-hydrogen) atoms. The number of hydrogen-bond donors (Lipinski definition) is 1. The van der Waals surface area contributed by atoms with Crippen molar-refractivity contribution >= 4 is 11.6 Å². The van der Waals surface area contributed by atoms with Crippen LogP contribution in [0.3, 0.4) is 0 Å². The first-order chi connectivity index (χ1) is 13.9. The van der Waals surface area contributed by atoms with Crippen LogP contribution in [0.1, 0.15) is 59.8 Å². The predicted octanol–water partition coefficient (Wildman–Crippen LogP) is 3.45. The largest absolute Gasteiger partial charge is 0.388 e. The Kier molecular flexibility index (Phi) is 4.04. The van der Waals surface area contributed by atoms with Gasteiger partial charge < -0.3 is 14.6 Å². The Labute approximate surface area is 176 Å². The monoisotopic (exact) mass is 418 g/mol. The van der Waals surface area contributed by atoms with Crippen LogP contribution in [0.25, 0.3) is 0 Å². The van der Waals surface area contributed by atoms with Gasteiger partial charge in [-0.2, -0.15) is 0 Å². The smallest absolute Gasteiger partial charge is 0.193 e. The molecule has 5 nitrogen and oxygen atoms in total. The Bertz CT molecular complexity index is 892. The molecular weight excluding hydrogens is 387 g/mol. The van der Waals surface area contributed by atoms with E-state index in [0.717, 1.165) is 5.57 Å². The van der Waals surface area contributed by atoms with Crippen molar-refractivity contribution in [3.05, 3.63) is 23.8 Å². The van der Waals surface area contributed by atoms with Crippen LogP contribution in [0, 0.1) is 22.7 Å². The van der Waals surface area contributed by atoms with Crippen molar-refractivity contribution in [1.29, 1.82) is 0 Å².